The van der Waals surface area contributed by atoms with Crippen molar-refractivity contribution < 1.29 is 33.1 Å². The van der Waals surface area contributed by atoms with E-state index in [0.29, 0.717) is 36.1 Å². The lowest BCUT2D eigenvalue weighted by atomic mass is 9.91. The lowest BCUT2D eigenvalue weighted by Crippen LogP contribution is -2.29. The molecular formula is C23H28N9O8P. The Labute approximate surface area is 231 Å². The normalized spacial score (nSPS) is 34.4. The van der Waals surface area contributed by atoms with Crippen molar-refractivity contribution in [1.82, 2.24) is 34.1 Å². The van der Waals surface area contributed by atoms with E-state index in [9.17, 15) is 19.4 Å². The van der Waals surface area contributed by atoms with Gasteiger partial charge in [0.2, 0.25) is 5.95 Å². The Morgan fingerprint density at radius 2 is 1.93 bits per heavy atom. The van der Waals surface area contributed by atoms with Crippen molar-refractivity contribution in [2.75, 3.05) is 18.1 Å². The van der Waals surface area contributed by atoms with Gasteiger partial charge in [0.1, 0.15) is 30.0 Å². The largest absolute Gasteiger partial charge is 0.472 e. The van der Waals surface area contributed by atoms with Gasteiger partial charge in [-0.2, -0.15) is 4.98 Å². The number of nitrogen functional groups attached to an aromatic ring is 2. The Morgan fingerprint density at radius 3 is 2.78 bits per heavy atom. The molecule has 7 rings (SSSR count). The Kier molecular flexibility index (Phi) is 6.35. The highest BCUT2D eigenvalue weighted by Gasteiger charge is 2.48. The number of hydrogen-bond acceptors (Lipinski definition) is 13. The number of hydrogen-bond donors (Lipinski definition) is 5. The lowest BCUT2D eigenvalue weighted by Gasteiger charge is -2.24. The van der Waals surface area contributed by atoms with Crippen LogP contribution in [0.2, 0.25) is 0 Å². The second-order valence-electron chi connectivity index (χ2n) is 10.4. The van der Waals surface area contributed by atoms with Gasteiger partial charge in [-0.1, -0.05) is 6.42 Å². The third-order valence-corrected chi connectivity index (χ3v) is 8.95. The van der Waals surface area contributed by atoms with Crippen LogP contribution in [-0.4, -0.2) is 75.1 Å². The molecular weight excluding hydrogens is 561 g/mol. The van der Waals surface area contributed by atoms with Crippen LogP contribution in [-0.2, 0) is 23.1 Å². The molecule has 3 saturated heterocycles. The molecule has 3 aliphatic rings. The fraction of sp³-hybridized carbons (Fsp3) is 0.522. The number of phosphoric acid groups is 1. The number of phosphoric ester groups is 1. The van der Waals surface area contributed by atoms with Gasteiger partial charge in [-0.3, -0.25) is 23.4 Å². The Hall–Kier alpha value is -3.44. The highest BCUT2D eigenvalue weighted by molar-refractivity contribution is 7.47. The SMILES string of the molecule is Nc1nc2c(ncn2[C@@H]2O[C@@H]3CCC[C@H]4[C@@H](O)[C@H](n5ccc6c(N)ncnc65)O[C@@H]4COP(=O)(O)O[C@@H]2C3)c(=O)[nH]1. The molecule has 8 atom stereocenters. The van der Waals surface area contributed by atoms with Crippen LogP contribution in [0, 0.1) is 5.92 Å². The molecule has 0 aliphatic carbocycles. The number of aromatic amines is 1. The number of aliphatic hydroxyl groups is 1. The predicted octanol–water partition coefficient (Wildman–Crippen LogP) is 0.577. The van der Waals surface area contributed by atoms with E-state index in [4.69, 9.17) is 30.0 Å². The third kappa shape index (κ3) is 4.59. The molecule has 0 aromatic carbocycles. The van der Waals surface area contributed by atoms with E-state index < -0.39 is 50.1 Å². The molecule has 218 valence electrons. The number of H-pyrrole nitrogens is 1. The fourth-order valence-corrected chi connectivity index (χ4v) is 6.99. The summed E-state index contributed by atoms with van der Waals surface area (Å²) in [5.74, 6) is -0.219. The summed E-state index contributed by atoms with van der Waals surface area (Å²) < 4.78 is 39.7. The smallest absolute Gasteiger partial charge is 0.388 e. The number of aliphatic hydroxyl groups excluding tert-OH is 1. The van der Waals surface area contributed by atoms with Crippen LogP contribution in [0.1, 0.15) is 38.1 Å². The minimum Gasteiger partial charge on any atom is -0.388 e. The highest BCUT2D eigenvalue weighted by atomic mass is 31.2. The molecule has 17 nitrogen and oxygen atoms in total. The van der Waals surface area contributed by atoms with E-state index in [0.717, 1.165) is 0 Å². The number of nitrogens with two attached hydrogens (primary N) is 2. The first-order valence-electron chi connectivity index (χ1n) is 13.1. The molecule has 3 fully saturated rings. The molecule has 0 radical (unpaired) electrons. The maximum atomic E-state index is 13.1. The molecule has 1 unspecified atom stereocenters. The van der Waals surface area contributed by atoms with Crippen molar-refractivity contribution >= 4 is 41.8 Å². The zero-order valence-corrected chi connectivity index (χ0v) is 22.4. The zero-order valence-electron chi connectivity index (χ0n) is 21.5. The summed E-state index contributed by atoms with van der Waals surface area (Å²) in [6, 6.07) is 1.74. The van der Waals surface area contributed by atoms with Gasteiger partial charge in [0.15, 0.2) is 23.6 Å². The molecule has 0 amide bonds. The van der Waals surface area contributed by atoms with Gasteiger partial charge < -0.3 is 35.5 Å². The molecule has 41 heavy (non-hydrogen) atoms. The standard InChI is InChI=1S/C23H28N9O8P/c24-17-12-4-5-31(18(12)27-8-26-17)22-16(33)11-3-1-2-10-6-13(40-41(35,36)37-7-14(11)39-22)21(38-10)32-9-28-15-19(32)29-23(25)30-20(15)34/h4-5,8-11,13-14,16,21-22,33H,1-3,6-7H2,(H,35,36)(H2,24,26,27)(H3,25,29,30,34)/t10-,11-,13-,14-,16-,21-,22-/m1/s1. The van der Waals surface area contributed by atoms with Crippen LogP contribution >= 0.6 is 7.82 Å². The predicted molar refractivity (Wildman–Crippen MR) is 141 cm³/mol. The number of fused-ring (bicyclic) bond motifs is 5. The van der Waals surface area contributed by atoms with E-state index in [2.05, 4.69) is 24.9 Å². The monoisotopic (exact) mass is 589 g/mol. The van der Waals surface area contributed by atoms with Crippen LogP contribution in [0.3, 0.4) is 0 Å². The van der Waals surface area contributed by atoms with Gasteiger partial charge in [-0.25, -0.2) is 19.5 Å². The summed E-state index contributed by atoms with van der Waals surface area (Å²) in [5.41, 5.74) is 11.9. The van der Waals surface area contributed by atoms with Crippen LogP contribution in [0.5, 0.6) is 0 Å². The van der Waals surface area contributed by atoms with Crippen LogP contribution in [0.25, 0.3) is 22.2 Å². The molecule has 7 heterocycles. The number of anilines is 2. The van der Waals surface area contributed by atoms with Crippen molar-refractivity contribution in [3.8, 4) is 0 Å². The second-order valence-corrected chi connectivity index (χ2v) is 11.8. The quantitative estimate of drug-likeness (QED) is 0.201. The first kappa shape index (κ1) is 26.5. The zero-order chi connectivity index (χ0) is 28.5. The molecule has 4 aromatic rings. The third-order valence-electron chi connectivity index (χ3n) is 7.94. The van der Waals surface area contributed by atoms with E-state index in [1.807, 2.05) is 0 Å². The summed E-state index contributed by atoms with van der Waals surface area (Å²) in [7, 11) is -4.63. The summed E-state index contributed by atoms with van der Waals surface area (Å²) in [6.45, 7) is -0.300. The number of rotatable bonds is 2. The average molecular weight is 590 g/mol. The van der Waals surface area contributed by atoms with E-state index >= 15 is 0 Å². The number of ether oxygens (including phenoxy) is 2. The molecule has 0 saturated carbocycles. The van der Waals surface area contributed by atoms with Gasteiger partial charge in [-0.05, 0) is 18.9 Å². The minimum atomic E-state index is -4.63. The summed E-state index contributed by atoms with van der Waals surface area (Å²) in [6.07, 6.45) is 1.78. The first-order chi connectivity index (χ1) is 19.7. The van der Waals surface area contributed by atoms with Gasteiger partial charge in [0.05, 0.1) is 30.5 Å². The fourth-order valence-electron chi connectivity index (χ4n) is 6.06. The number of imidazole rings is 1. The highest BCUT2D eigenvalue weighted by Crippen LogP contribution is 2.51. The molecule has 18 heteroatoms. The topological polar surface area (TPSA) is 241 Å². The van der Waals surface area contributed by atoms with Gasteiger partial charge >= 0.3 is 7.82 Å². The maximum absolute atomic E-state index is 13.1. The summed E-state index contributed by atoms with van der Waals surface area (Å²) in [5, 5.41) is 12.0. The van der Waals surface area contributed by atoms with Crippen LogP contribution < -0.4 is 17.0 Å². The summed E-state index contributed by atoms with van der Waals surface area (Å²) >= 11 is 0. The molecule has 0 spiro atoms. The Balaban J connectivity index is 1.15. The number of nitrogens with zero attached hydrogens (tertiary/aromatic N) is 6. The van der Waals surface area contributed by atoms with E-state index in [1.54, 1.807) is 16.8 Å². The number of nitrogens with one attached hydrogen (secondary N) is 1. The molecule has 7 N–H and O–H groups in total. The number of aromatic nitrogens is 7. The first-order valence-corrected chi connectivity index (χ1v) is 14.6. The molecule has 4 aromatic heterocycles. The molecule has 2 bridgehead atoms. The van der Waals surface area contributed by atoms with Crippen molar-refractivity contribution in [3.05, 3.63) is 35.3 Å². The lowest BCUT2D eigenvalue weighted by molar-refractivity contribution is -0.0555. The maximum Gasteiger partial charge on any atom is 0.472 e. The van der Waals surface area contributed by atoms with Crippen molar-refractivity contribution in [1.29, 1.82) is 0 Å². The van der Waals surface area contributed by atoms with Crippen molar-refractivity contribution in [2.24, 2.45) is 5.92 Å². The van der Waals surface area contributed by atoms with Gasteiger partial charge in [0, 0.05) is 18.5 Å². The van der Waals surface area contributed by atoms with Crippen molar-refractivity contribution in [2.45, 2.75) is 62.6 Å². The molecule has 3 aliphatic heterocycles. The van der Waals surface area contributed by atoms with Crippen LogP contribution in [0.4, 0.5) is 11.8 Å². The van der Waals surface area contributed by atoms with E-state index in [-0.39, 0.29) is 36.2 Å². The van der Waals surface area contributed by atoms with E-state index in [1.165, 1.54) is 17.2 Å². The van der Waals surface area contributed by atoms with Crippen LogP contribution in [0.15, 0.2) is 29.7 Å². The Morgan fingerprint density at radius 1 is 1.07 bits per heavy atom. The van der Waals surface area contributed by atoms with Crippen molar-refractivity contribution in [3.63, 3.8) is 0 Å². The summed E-state index contributed by atoms with van der Waals surface area (Å²) in [4.78, 5) is 41.9. The minimum absolute atomic E-state index is 0.0458. The Bertz CT molecular complexity index is 1720. The van der Waals surface area contributed by atoms with Gasteiger partial charge in [0.25, 0.3) is 5.56 Å². The van der Waals surface area contributed by atoms with Gasteiger partial charge in [-0.15, -0.1) is 0 Å². The second kappa shape index (κ2) is 9.84. The average Bonchev–Trinajstić information content (AvgIpc) is 3.68.